The van der Waals surface area contributed by atoms with Crippen molar-refractivity contribution in [3.8, 4) is 0 Å². The Morgan fingerprint density at radius 2 is 1.91 bits per heavy atom. The van der Waals surface area contributed by atoms with E-state index >= 15 is 0 Å². The van der Waals surface area contributed by atoms with Crippen LogP contribution in [0.1, 0.15) is 16.8 Å². The molecule has 0 bridgehead atoms. The monoisotopic (exact) mass is 326 g/mol. The molecule has 7 nitrogen and oxygen atoms in total. The molecule has 0 spiro atoms. The molecule has 0 unspecified atom stereocenters. The molecule has 0 N–H and O–H groups in total. The quantitative estimate of drug-likeness (QED) is 0.796. The van der Waals surface area contributed by atoms with E-state index in [0.29, 0.717) is 38.2 Å². The summed E-state index contributed by atoms with van der Waals surface area (Å²) in [6.07, 6.45) is 3.41. The first-order valence-electron chi connectivity index (χ1n) is 7.17. The predicted molar refractivity (Wildman–Crippen MR) is 85.5 cm³/mol. The number of anilines is 1. The second kappa shape index (κ2) is 6.62. The van der Waals surface area contributed by atoms with Gasteiger partial charge in [0.2, 0.25) is 10.0 Å². The summed E-state index contributed by atoms with van der Waals surface area (Å²) in [6.45, 7) is 1.76. The van der Waals surface area contributed by atoms with Gasteiger partial charge in [0, 0.05) is 46.5 Å². The summed E-state index contributed by atoms with van der Waals surface area (Å²) in [6, 6.07) is 3.55. The lowest BCUT2D eigenvalue weighted by atomic mass is 10.2. The molecular formula is C14H22N4O3S. The average molecular weight is 326 g/mol. The van der Waals surface area contributed by atoms with Crippen molar-refractivity contribution in [1.82, 2.24) is 14.2 Å². The lowest BCUT2D eigenvalue weighted by molar-refractivity contribution is 0.0764. The second-order valence-corrected chi connectivity index (χ2v) is 7.59. The van der Waals surface area contributed by atoms with E-state index in [1.807, 2.05) is 19.0 Å². The fourth-order valence-electron chi connectivity index (χ4n) is 2.39. The van der Waals surface area contributed by atoms with Crippen molar-refractivity contribution in [3.63, 3.8) is 0 Å². The van der Waals surface area contributed by atoms with Crippen molar-refractivity contribution >= 4 is 21.7 Å². The SMILES string of the molecule is CN(C)c1ccc(C(=O)N2CCCN(S(C)(=O)=O)CC2)cn1. The number of aromatic nitrogens is 1. The molecule has 1 fully saturated rings. The van der Waals surface area contributed by atoms with Gasteiger partial charge >= 0.3 is 0 Å². The van der Waals surface area contributed by atoms with Gasteiger partial charge in [-0.25, -0.2) is 17.7 Å². The summed E-state index contributed by atoms with van der Waals surface area (Å²) in [5.41, 5.74) is 0.526. The van der Waals surface area contributed by atoms with Crippen LogP contribution in [0.5, 0.6) is 0 Å². The summed E-state index contributed by atoms with van der Waals surface area (Å²) in [5.74, 6) is 0.684. The lowest BCUT2D eigenvalue weighted by Crippen LogP contribution is -2.37. The number of sulfonamides is 1. The standard InChI is InChI=1S/C14H22N4O3S/c1-16(2)13-6-5-12(11-15-13)14(19)17-7-4-8-18(10-9-17)22(3,20)21/h5-6,11H,4,7-10H2,1-3H3. The van der Waals surface area contributed by atoms with E-state index in [9.17, 15) is 13.2 Å². The molecule has 122 valence electrons. The van der Waals surface area contributed by atoms with Gasteiger partial charge in [0.1, 0.15) is 5.82 Å². The minimum atomic E-state index is -3.20. The number of hydrogen-bond donors (Lipinski definition) is 0. The van der Waals surface area contributed by atoms with E-state index in [1.54, 1.807) is 23.2 Å². The van der Waals surface area contributed by atoms with Crippen LogP contribution < -0.4 is 4.90 Å². The van der Waals surface area contributed by atoms with Crippen molar-refractivity contribution in [2.75, 3.05) is 51.4 Å². The van der Waals surface area contributed by atoms with Gasteiger partial charge in [-0.05, 0) is 18.6 Å². The highest BCUT2D eigenvalue weighted by molar-refractivity contribution is 7.88. The molecule has 1 aliphatic rings. The van der Waals surface area contributed by atoms with Gasteiger partial charge in [-0.1, -0.05) is 0 Å². The van der Waals surface area contributed by atoms with Crippen molar-refractivity contribution < 1.29 is 13.2 Å². The smallest absolute Gasteiger partial charge is 0.255 e. The molecular weight excluding hydrogens is 304 g/mol. The second-order valence-electron chi connectivity index (χ2n) is 5.61. The van der Waals surface area contributed by atoms with E-state index in [4.69, 9.17) is 0 Å². The Hall–Kier alpha value is -1.67. The maximum atomic E-state index is 12.5. The fraction of sp³-hybridized carbons (Fsp3) is 0.571. The number of pyridine rings is 1. The Labute approximate surface area is 131 Å². The van der Waals surface area contributed by atoms with E-state index in [1.165, 1.54) is 10.6 Å². The van der Waals surface area contributed by atoms with Crippen LogP contribution in [0.25, 0.3) is 0 Å². The minimum Gasteiger partial charge on any atom is -0.363 e. The highest BCUT2D eigenvalue weighted by Gasteiger charge is 2.24. The molecule has 8 heteroatoms. The molecule has 1 saturated heterocycles. The zero-order chi connectivity index (χ0) is 16.3. The molecule has 1 amide bonds. The van der Waals surface area contributed by atoms with E-state index in [0.717, 1.165) is 5.82 Å². The van der Waals surface area contributed by atoms with Crippen LogP contribution in [-0.4, -0.2) is 75.0 Å². The zero-order valence-electron chi connectivity index (χ0n) is 13.2. The largest absolute Gasteiger partial charge is 0.363 e. The maximum absolute atomic E-state index is 12.5. The van der Waals surface area contributed by atoms with Crippen molar-refractivity contribution in [2.24, 2.45) is 0 Å². The third-order valence-corrected chi connectivity index (χ3v) is 4.97. The molecule has 1 aromatic rings. The van der Waals surface area contributed by atoms with Crippen molar-refractivity contribution in [3.05, 3.63) is 23.9 Å². The van der Waals surface area contributed by atoms with Gasteiger partial charge in [0.25, 0.3) is 5.91 Å². The summed E-state index contributed by atoms with van der Waals surface area (Å²) < 4.78 is 24.6. The third kappa shape index (κ3) is 3.95. The highest BCUT2D eigenvalue weighted by atomic mass is 32.2. The van der Waals surface area contributed by atoms with Gasteiger partial charge in [-0.15, -0.1) is 0 Å². The fourth-order valence-corrected chi connectivity index (χ4v) is 3.26. The van der Waals surface area contributed by atoms with Crippen LogP contribution in [0.4, 0.5) is 5.82 Å². The first-order valence-corrected chi connectivity index (χ1v) is 9.01. The van der Waals surface area contributed by atoms with E-state index < -0.39 is 10.0 Å². The number of amides is 1. The van der Waals surface area contributed by atoms with Crippen LogP contribution in [-0.2, 0) is 10.0 Å². The topological polar surface area (TPSA) is 73.8 Å². The Morgan fingerprint density at radius 3 is 2.45 bits per heavy atom. The Morgan fingerprint density at radius 1 is 1.18 bits per heavy atom. The summed E-state index contributed by atoms with van der Waals surface area (Å²) in [5, 5.41) is 0. The number of carbonyl (C=O) groups is 1. The number of rotatable bonds is 3. The van der Waals surface area contributed by atoms with Crippen molar-refractivity contribution in [1.29, 1.82) is 0 Å². The molecule has 22 heavy (non-hydrogen) atoms. The van der Waals surface area contributed by atoms with E-state index in [2.05, 4.69) is 4.98 Å². The van der Waals surface area contributed by atoms with Crippen LogP contribution in [0.2, 0.25) is 0 Å². The summed E-state index contributed by atoms with van der Waals surface area (Å²) in [7, 11) is 0.574. The maximum Gasteiger partial charge on any atom is 0.255 e. The molecule has 0 aliphatic carbocycles. The first-order chi connectivity index (χ1) is 10.3. The van der Waals surface area contributed by atoms with Gasteiger partial charge in [0.15, 0.2) is 0 Å². The van der Waals surface area contributed by atoms with Crippen LogP contribution in [0, 0.1) is 0 Å². The van der Waals surface area contributed by atoms with Gasteiger partial charge < -0.3 is 9.80 Å². The molecule has 0 saturated carbocycles. The third-order valence-electron chi connectivity index (χ3n) is 3.66. The van der Waals surface area contributed by atoms with Gasteiger partial charge in [-0.3, -0.25) is 4.79 Å². The van der Waals surface area contributed by atoms with Gasteiger partial charge in [0.05, 0.1) is 11.8 Å². The predicted octanol–water partition coefficient (Wildman–Crippen LogP) is 0.255. The normalized spacial score (nSPS) is 17.1. The van der Waals surface area contributed by atoms with Crippen LogP contribution >= 0.6 is 0 Å². The average Bonchev–Trinajstić information content (AvgIpc) is 2.72. The molecule has 1 aliphatic heterocycles. The molecule has 1 aromatic heterocycles. The number of nitrogens with zero attached hydrogens (tertiary/aromatic N) is 4. The Bertz CT molecular complexity index is 628. The summed E-state index contributed by atoms with van der Waals surface area (Å²) in [4.78, 5) is 20.3. The first kappa shape index (κ1) is 16.7. The van der Waals surface area contributed by atoms with Crippen molar-refractivity contribution in [2.45, 2.75) is 6.42 Å². The Balaban J connectivity index is 2.06. The van der Waals surface area contributed by atoms with Crippen LogP contribution in [0.3, 0.4) is 0 Å². The molecule has 0 radical (unpaired) electrons. The van der Waals surface area contributed by atoms with Gasteiger partial charge in [-0.2, -0.15) is 0 Å². The Kier molecular flexibility index (Phi) is 5.02. The number of carbonyl (C=O) groups excluding carboxylic acids is 1. The molecule has 2 rings (SSSR count). The van der Waals surface area contributed by atoms with Crippen LogP contribution in [0.15, 0.2) is 18.3 Å². The molecule has 0 aromatic carbocycles. The zero-order valence-corrected chi connectivity index (χ0v) is 14.0. The number of hydrogen-bond acceptors (Lipinski definition) is 5. The lowest BCUT2D eigenvalue weighted by Gasteiger charge is -2.21. The molecule has 2 heterocycles. The minimum absolute atomic E-state index is 0.104. The highest BCUT2D eigenvalue weighted by Crippen LogP contribution is 2.13. The molecule has 0 atom stereocenters. The van der Waals surface area contributed by atoms with E-state index in [-0.39, 0.29) is 5.91 Å². The summed E-state index contributed by atoms with van der Waals surface area (Å²) >= 11 is 0.